The van der Waals surface area contributed by atoms with Gasteiger partial charge < -0.3 is 10.2 Å². The Balaban J connectivity index is 0.000000443. The van der Waals surface area contributed by atoms with Crippen LogP contribution in [0.4, 0.5) is 0 Å². The molecule has 133 valence electrons. The minimum atomic E-state index is -0.433. The third kappa shape index (κ3) is 8.52. The van der Waals surface area contributed by atoms with Crippen LogP contribution in [0.5, 0.6) is 11.5 Å². The van der Waals surface area contributed by atoms with Gasteiger partial charge in [-0.2, -0.15) is 0 Å². The third-order valence-electron chi connectivity index (χ3n) is 3.31. The molecular weight excluding hydrogens is 359 g/mol. The van der Waals surface area contributed by atoms with Crippen molar-refractivity contribution in [3.05, 3.63) is 80.1 Å². The summed E-state index contributed by atoms with van der Waals surface area (Å²) in [6.07, 6.45) is 3.67. The van der Waals surface area contributed by atoms with E-state index in [0.717, 1.165) is 36.8 Å². The van der Waals surface area contributed by atoms with Crippen molar-refractivity contribution in [1.82, 2.24) is 0 Å². The van der Waals surface area contributed by atoms with E-state index in [1.54, 1.807) is 12.1 Å². The Bertz CT molecular complexity index is 709. The molecule has 0 aliphatic carbocycles. The van der Waals surface area contributed by atoms with Crippen LogP contribution in [0.15, 0.2) is 58.1 Å². The molecular formula is C20H22MnO4. The molecule has 5 heteroatoms. The van der Waals surface area contributed by atoms with Gasteiger partial charge in [-0.25, -0.2) is 0 Å². The van der Waals surface area contributed by atoms with Crippen molar-refractivity contribution >= 4 is 0 Å². The first-order valence-corrected chi connectivity index (χ1v) is 8.08. The van der Waals surface area contributed by atoms with Crippen molar-refractivity contribution < 1.29 is 27.3 Å². The average Bonchev–Trinajstić information content (AvgIpc) is 2.79. The van der Waals surface area contributed by atoms with Crippen LogP contribution >= 0.6 is 0 Å². The maximum Gasteiger partial charge on any atom is 2.00 e. The molecule has 0 aliphatic rings. The van der Waals surface area contributed by atoms with Crippen LogP contribution < -0.4 is 21.1 Å². The van der Waals surface area contributed by atoms with Gasteiger partial charge in [0.15, 0.2) is 10.9 Å². The first-order valence-electron chi connectivity index (χ1n) is 8.08. The topological polar surface area (TPSA) is 80.3 Å². The van der Waals surface area contributed by atoms with Gasteiger partial charge in [-0.05, 0) is 36.1 Å². The molecule has 4 nitrogen and oxygen atoms in total. The second kappa shape index (κ2) is 12.3. The van der Waals surface area contributed by atoms with Gasteiger partial charge in [0.25, 0.3) is 0 Å². The van der Waals surface area contributed by atoms with Crippen molar-refractivity contribution in [3.8, 4) is 11.5 Å². The summed E-state index contributed by atoms with van der Waals surface area (Å²) < 4.78 is 0. The van der Waals surface area contributed by atoms with Gasteiger partial charge >= 0.3 is 17.1 Å². The van der Waals surface area contributed by atoms with Gasteiger partial charge in [-0.1, -0.05) is 74.6 Å². The fourth-order valence-electron chi connectivity index (χ4n) is 2.15. The van der Waals surface area contributed by atoms with Crippen molar-refractivity contribution in [2.24, 2.45) is 0 Å². The molecule has 25 heavy (non-hydrogen) atoms. The van der Waals surface area contributed by atoms with Crippen molar-refractivity contribution in [2.45, 2.75) is 39.5 Å². The van der Waals surface area contributed by atoms with Crippen LogP contribution in [-0.4, -0.2) is 0 Å². The molecule has 0 atom stereocenters. The second-order valence-electron chi connectivity index (χ2n) is 5.45. The van der Waals surface area contributed by atoms with Crippen LogP contribution in [0.2, 0.25) is 0 Å². The van der Waals surface area contributed by atoms with Crippen LogP contribution in [0.3, 0.4) is 0 Å². The average molecular weight is 381 g/mol. The second-order valence-corrected chi connectivity index (χ2v) is 5.45. The number of hydrogen-bond acceptors (Lipinski definition) is 4. The minimum absolute atomic E-state index is 0. The summed E-state index contributed by atoms with van der Waals surface area (Å²) in [4.78, 5) is 21.7. The molecule has 0 aromatic heterocycles. The Morgan fingerprint density at radius 1 is 0.720 bits per heavy atom. The smallest absolute Gasteiger partial charge is 0.870 e. The predicted molar refractivity (Wildman–Crippen MR) is 92.3 cm³/mol. The van der Waals surface area contributed by atoms with E-state index in [4.69, 9.17) is 0 Å². The molecule has 1 radical (unpaired) electrons. The summed E-state index contributed by atoms with van der Waals surface area (Å²) in [6, 6.07) is 12.3. The summed E-state index contributed by atoms with van der Waals surface area (Å²) in [6.45, 7) is 4.07. The van der Waals surface area contributed by atoms with E-state index >= 15 is 0 Å². The van der Waals surface area contributed by atoms with E-state index in [0.29, 0.717) is 0 Å². The predicted octanol–water partition coefficient (Wildman–Crippen LogP) is 2.14. The molecule has 0 N–H and O–H groups in total. The standard InChI is InChI=1S/2C10H12O2.Mn/c2*1-2-4-8-5-3-6-9(11)10(12)7-8;/h2*3,5-7H,2,4H2,1H3,(H,11,12);/q;;+2/p-2. The Morgan fingerprint density at radius 2 is 1.08 bits per heavy atom. The van der Waals surface area contributed by atoms with Crippen LogP contribution in [0, 0.1) is 0 Å². The summed E-state index contributed by atoms with van der Waals surface area (Å²) in [5, 5.41) is 22.0. The molecule has 0 saturated heterocycles. The molecule has 0 bridgehead atoms. The van der Waals surface area contributed by atoms with Gasteiger partial charge in [0.2, 0.25) is 0 Å². The SMILES string of the molecule is CCCc1cccc(=O)c([O-])c1.CCCc1cccc(=O)c([O-])c1.[Mn+2]. The summed E-state index contributed by atoms with van der Waals surface area (Å²) >= 11 is 0. The molecule has 0 saturated carbocycles. The molecule has 2 rings (SSSR count). The molecule has 0 amide bonds. The summed E-state index contributed by atoms with van der Waals surface area (Å²) in [5.74, 6) is -0.827. The normalized spacial score (nSPS) is 9.36. The quantitative estimate of drug-likeness (QED) is 0.760. The summed E-state index contributed by atoms with van der Waals surface area (Å²) in [7, 11) is 0. The van der Waals surface area contributed by atoms with Gasteiger partial charge in [0.1, 0.15) is 0 Å². The Hall–Kier alpha value is -2.10. The van der Waals surface area contributed by atoms with Crippen molar-refractivity contribution in [3.63, 3.8) is 0 Å². The molecule has 0 aliphatic heterocycles. The van der Waals surface area contributed by atoms with Crippen LogP contribution in [0.25, 0.3) is 0 Å². The van der Waals surface area contributed by atoms with E-state index in [-0.39, 0.29) is 17.1 Å². The molecule has 2 aromatic rings. The zero-order valence-electron chi connectivity index (χ0n) is 14.5. The Morgan fingerprint density at radius 3 is 1.40 bits per heavy atom. The number of rotatable bonds is 4. The van der Waals surface area contributed by atoms with Gasteiger partial charge in [0, 0.05) is 0 Å². The Labute approximate surface area is 158 Å². The fraction of sp³-hybridized carbons (Fsp3) is 0.300. The molecule has 2 aromatic carbocycles. The fourth-order valence-corrected chi connectivity index (χ4v) is 2.15. The van der Waals surface area contributed by atoms with Gasteiger partial charge in [-0.15, -0.1) is 0 Å². The number of aryl methyl sites for hydroxylation is 2. The third-order valence-corrected chi connectivity index (χ3v) is 3.31. The van der Waals surface area contributed by atoms with E-state index in [9.17, 15) is 19.8 Å². The van der Waals surface area contributed by atoms with Gasteiger partial charge in [-0.3, -0.25) is 9.59 Å². The van der Waals surface area contributed by atoms with E-state index in [2.05, 4.69) is 0 Å². The maximum atomic E-state index is 11.0. The first-order chi connectivity index (χ1) is 11.5. The molecule has 0 spiro atoms. The van der Waals surface area contributed by atoms with Crippen molar-refractivity contribution in [1.29, 1.82) is 0 Å². The molecule has 0 fully saturated rings. The minimum Gasteiger partial charge on any atom is -0.870 e. The summed E-state index contributed by atoms with van der Waals surface area (Å²) in [5.41, 5.74) is 1.00. The monoisotopic (exact) mass is 381 g/mol. The Kier molecular flexibility index (Phi) is 11.3. The maximum absolute atomic E-state index is 11.0. The zero-order valence-corrected chi connectivity index (χ0v) is 15.6. The van der Waals surface area contributed by atoms with Crippen LogP contribution in [0.1, 0.15) is 37.8 Å². The van der Waals surface area contributed by atoms with Gasteiger partial charge in [0.05, 0.1) is 0 Å². The van der Waals surface area contributed by atoms with Crippen molar-refractivity contribution in [2.75, 3.05) is 0 Å². The van der Waals surface area contributed by atoms with E-state index in [1.165, 1.54) is 24.3 Å². The largest absolute Gasteiger partial charge is 2.00 e. The zero-order chi connectivity index (χ0) is 17.9. The van der Waals surface area contributed by atoms with E-state index < -0.39 is 22.4 Å². The van der Waals surface area contributed by atoms with Crippen LogP contribution in [-0.2, 0) is 29.9 Å². The molecule has 0 heterocycles. The van der Waals surface area contributed by atoms with E-state index in [1.807, 2.05) is 26.0 Å². The molecule has 0 unspecified atom stereocenters. The first kappa shape index (κ1) is 22.9. The number of hydrogen-bond donors (Lipinski definition) is 0.